The zero-order valence-electron chi connectivity index (χ0n) is 15.1. The Hall–Kier alpha value is -1.81. The smallest absolute Gasteiger partial charge is 0.261 e. The molecule has 25 heavy (non-hydrogen) atoms. The summed E-state index contributed by atoms with van der Waals surface area (Å²) in [5.74, 6) is 2.22. The molecule has 1 fully saturated rings. The highest BCUT2D eigenvalue weighted by atomic mass is 32.1. The van der Waals surface area contributed by atoms with Crippen molar-refractivity contribution in [3.8, 4) is 16.2 Å². The van der Waals surface area contributed by atoms with Crippen LogP contribution in [0.15, 0.2) is 24.3 Å². The van der Waals surface area contributed by atoms with E-state index in [0.717, 1.165) is 28.2 Å². The fourth-order valence-electron chi connectivity index (χ4n) is 4.09. The van der Waals surface area contributed by atoms with Crippen molar-refractivity contribution in [2.24, 2.45) is 11.8 Å². The highest BCUT2D eigenvalue weighted by molar-refractivity contribution is 7.17. The van der Waals surface area contributed by atoms with Gasteiger partial charge in [-0.3, -0.25) is 4.79 Å². The standard InChI is InChI=1S/C21H25NO2S/c1-12-6-4-8-16(14(12)3)22-21(23)18-10-15-11-24-17-9-5-7-13(2)19(17)20(15)25-18/h5,7,9-10,12,14,16H,4,6,8,11H2,1-3H3,(H,22,23)/t12-,14-,16-/m1/s1. The third-order valence-electron chi connectivity index (χ3n) is 5.90. The minimum atomic E-state index is 0.0699. The summed E-state index contributed by atoms with van der Waals surface area (Å²) in [6.45, 7) is 7.21. The number of nitrogens with one attached hydrogen (secondary N) is 1. The second-order valence-corrected chi connectivity index (χ2v) is 8.60. The SMILES string of the molecule is Cc1cccc2c1-c1sc(C(=O)N[C@@H]3CCC[C@@H](C)[C@H]3C)cc1CO2. The van der Waals surface area contributed by atoms with Crippen LogP contribution >= 0.6 is 11.3 Å². The first-order valence-corrected chi connectivity index (χ1v) is 10.0. The van der Waals surface area contributed by atoms with E-state index in [2.05, 4.69) is 32.2 Å². The summed E-state index contributed by atoms with van der Waals surface area (Å²) in [5.41, 5.74) is 3.47. The van der Waals surface area contributed by atoms with Crippen LogP contribution < -0.4 is 10.1 Å². The summed E-state index contributed by atoms with van der Waals surface area (Å²) in [4.78, 5) is 14.8. The maximum Gasteiger partial charge on any atom is 0.261 e. The zero-order chi connectivity index (χ0) is 17.6. The number of ether oxygens (including phenoxy) is 1. The first kappa shape index (κ1) is 16.6. The number of rotatable bonds is 2. The Bertz CT molecular complexity index is 810. The van der Waals surface area contributed by atoms with E-state index in [4.69, 9.17) is 4.74 Å². The quantitative estimate of drug-likeness (QED) is 0.807. The molecule has 1 amide bonds. The van der Waals surface area contributed by atoms with Crippen molar-refractivity contribution in [1.29, 1.82) is 0 Å². The lowest BCUT2D eigenvalue weighted by Crippen LogP contribution is -2.43. The van der Waals surface area contributed by atoms with Crippen LogP contribution in [-0.2, 0) is 6.61 Å². The van der Waals surface area contributed by atoms with E-state index in [1.54, 1.807) is 11.3 Å². The minimum Gasteiger partial charge on any atom is -0.488 e. The fourth-order valence-corrected chi connectivity index (χ4v) is 5.28. The molecule has 0 radical (unpaired) electrons. The molecule has 1 N–H and O–H groups in total. The third kappa shape index (κ3) is 2.97. The van der Waals surface area contributed by atoms with Crippen LogP contribution in [0.5, 0.6) is 5.75 Å². The van der Waals surface area contributed by atoms with E-state index >= 15 is 0 Å². The van der Waals surface area contributed by atoms with Crippen molar-refractivity contribution in [2.75, 3.05) is 0 Å². The average molecular weight is 356 g/mol. The Morgan fingerprint density at radius 2 is 2.12 bits per heavy atom. The lowest BCUT2D eigenvalue weighted by Gasteiger charge is -2.34. The number of carbonyl (C=O) groups excluding carboxylic acids is 1. The predicted octanol–water partition coefficient (Wildman–Crippen LogP) is 5.17. The summed E-state index contributed by atoms with van der Waals surface area (Å²) in [6.07, 6.45) is 3.57. The molecule has 0 bridgehead atoms. The van der Waals surface area contributed by atoms with Crippen molar-refractivity contribution in [1.82, 2.24) is 5.32 Å². The fraction of sp³-hybridized carbons (Fsp3) is 0.476. The Balaban J connectivity index is 1.59. The molecule has 1 aromatic heterocycles. The van der Waals surface area contributed by atoms with Gasteiger partial charge in [-0.1, -0.05) is 38.8 Å². The molecule has 3 atom stereocenters. The molecule has 0 unspecified atom stereocenters. The van der Waals surface area contributed by atoms with E-state index < -0.39 is 0 Å². The molecule has 0 saturated heterocycles. The highest BCUT2D eigenvalue weighted by Gasteiger charge is 2.30. The summed E-state index contributed by atoms with van der Waals surface area (Å²) in [5, 5.41) is 3.29. The van der Waals surface area contributed by atoms with Crippen molar-refractivity contribution in [2.45, 2.75) is 52.7 Å². The Labute approximate surface area is 153 Å². The topological polar surface area (TPSA) is 38.3 Å². The first-order valence-electron chi connectivity index (χ1n) is 9.21. The minimum absolute atomic E-state index is 0.0699. The zero-order valence-corrected chi connectivity index (χ0v) is 15.9. The molecular weight excluding hydrogens is 330 g/mol. The summed E-state index contributed by atoms with van der Waals surface area (Å²) in [6, 6.07) is 8.44. The molecule has 1 saturated carbocycles. The van der Waals surface area contributed by atoms with Crippen molar-refractivity contribution >= 4 is 17.2 Å². The van der Waals surface area contributed by atoms with Gasteiger partial charge in [0.15, 0.2) is 0 Å². The molecule has 1 aromatic carbocycles. The van der Waals surface area contributed by atoms with Crippen LogP contribution in [0.2, 0.25) is 0 Å². The van der Waals surface area contributed by atoms with Gasteiger partial charge in [-0.15, -0.1) is 11.3 Å². The van der Waals surface area contributed by atoms with Crippen LogP contribution in [0.1, 0.15) is 53.9 Å². The van der Waals surface area contributed by atoms with E-state index in [9.17, 15) is 4.79 Å². The predicted molar refractivity (Wildman–Crippen MR) is 102 cm³/mol. The average Bonchev–Trinajstić information content (AvgIpc) is 3.03. The van der Waals surface area contributed by atoms with Gasteiger partial charge in [-0.05, 0) is 42.9 Å². The number of hydrogen-bond acceptors (Lipinski definition) is 3. The van der Waals surface area contributed by atoms with Gasteiger partial charge < -0.3 is 10.1 Å². The molecule has 3 nitrogen and oxygen atoms in total. The lowest BCUT2D eigenvalue weighted by molar-refractivity contribution is 0.0895. The number of carbonyl (C=O) groups is 1. The summed E-state index contributed by atoms with van der Waals surface area (Å²) in [7, 11) is 0. The van der Waals surface area contributed by atoms with Gasteiger partial charge in [-0.25, -0.2) is 0 Å². The van der Waals surface area contributed by atoms with Gasteiger partial charge in [0.25, 0.3) is 5.91 Å². The third-order valence-corrected chi connectivity index (χ3v) is 7.09. The van der Waals surface area contributed by atoms with Crippen molar-refractivity contribution < 1.29 is 9.53 Å². The number of aryl methyl sites for hydroxylation is 1. The maximum absolute atomic E-state index is 12.8. The van der Waals surface area contributed by atoms with Gasteiger partial charge in [0.2, 0.25) is 0 Å². The monoisotopic (exact) mass is 355 g/mol. The molecule has 2 heterocycles. The summed E-state index contributed by atoms with van der Waals surface area (Å²) < 4.78 is 5.88. The normalized spacial score (nSPS) is 24.8. The molecular formula is C21H25NO2S. The maximum atomic E-state index is 12.8. The number of benzene rings is 1. The summed E-state index contributed by atoms with van der Waals surface area (Å²) >= 11 is 1.60. The van der Waals surface area contributed by atoms with Crippen LogP contribution in [0, 0.1) is 18.8 Å². The van der Waals surface area contributed by atoms with Crippen LogP contribution in [-0.4, -0.2) is 11.9 Å². The first-order chi connectivity index (χ1) is 12.0. The highest BCUT2D eigenvalue weighted by Crippen LogP contribution is 2.44. The van der Waals surface area contributed by atoms with Crippen molar-refractivity contribution in [3.63, 3.8) is 0 Å². The van der Waals surface area contributed by atoms with Crippen LogP contribution in [0.3, 0.4) is 0 Å². The molecule has 0 spiro atoms. The number of hydrogen-bond donors (Lipinski definition) is 1. The molecule has 132 valence electrons. The Morgan fingerprint density at radius 1 is 1.28 bits per heavy atom. The second-order valence-electron chi connectivity index (χ2n) is 7.55. The Kier molecular flexibility index (Phi) is 4.32. The lowest BCUT2D eigenvalue weighted by atomic mass is 9.78. The molecule has 4 rings (SSSR count). The van der Waals surface area contributed by atoms with Gasteiger partial charge in [0, 0.05) is 22.0 Å². The van der Waals surface area contributed by atoms with Gasteiger partial charge in [0.05, 0.1) is 4.88 Å². The van der Waals surface area contributed by atoms with Crippen LogP contribution in [0.4, 0.5) is 0 Å². The second kappa shape index (κ2) is 6.49. The van der Waals surface area contributed by atoms with E-state index in [1.165, 1.54) is 23.3 Å². The number of fused-ring (bicyclic) bond motifs is 3. The number of amides is 1. The molecule has 2 aromatic rings. The molecule has 2 aliphatic rings. The van der Waals surface area contributed by atoms with Gasteiger partial charge in [0.1, 0.15) is 12.4 Å². The largest absolute Gasteiger partial charge is 0.488 e. The van der Waals surface area contributed by atoms with Crippen LogP contribution in [0.25, 0.3) is 10.4 Å². The molecule has 4 heteroatoms. The van der Waals surface area contributed by atoms with E-state index in [0.29, 0.717) is 24.5 Å². The van der Waals surface area contributed by atoms with Crippen molar-refractivity contribution in [3.05, 3.63) is 40.3 Å². The molecule has 1 aliphatic carbocycles. The van der Waals surface area contributed by atoms with E-state index in [-0.39, 0.29) is 5.91 Å². The Morgan fingerprint density at radius 3 is 2.96 bits per heavy atom. The molecule has 1 aliphatic heterocycles. The van der Waals surface area contributed by atoms with Gasteiger partial charge in [-0.2, -0.15) is 0 Å². The van der Waals surface area contributed by atoms with Gasteiger partial charge >= 0.3 is 0 Å². The van der Waals surface area contributed by atoms with E-state index in [1.807, 2.05) is 18.2 Å². The number of thiophene rings is 1.